The topological polar surface area (TPSA) is 108 Å². The number of allylic oxidation sites excluding steroid dienone is 24. The number of quaternary nitrogens is 1. The van der Waals surface area contributed by atoms with Crippen molar-refractivity contribution in [3.05, 3.63) is 146 Å². The van der Waals surface area contributed by atoms with Crippen molar-refractivity contribution in [2.75, 3.05) is 47.5 Å². The van der Waals surface area contributed by atoms with Gasteiger partial charge in [0.05, 0.1) is 34.4 Å². The van der Waals surface area contributed by atoms with E-state index in [4.69, 9.17) is 18.9 Å². The molecule has 0 saturated carbocycles. The maximum Gasteiger partial charge on any atom is 0.361 e. The van der Waals surface area contributed by atoms with Crippen LogP contribution in [0.1, 0.15) is 361 Å². The number of carbonyl (C=O) groups excluding carboxylic acids is 2. The van der Waals surface area contributed by atoms with Crippen molar-refractivity contribution in [2.24, 2.45) is 0 Å². The number of carbonyl (C=O) groups is 3. The first-order valence-electron chi connectivity index (χ1n) is 42.0. The predicted molar refractivity (Wildman–Crippen MR) is 437 cm³/mol. The van der Waals surface area contributed by atoms with Crippen molar-refractivity contribution in [1.82, 2.24) is 0 Å². The van der Waals surface area contributed by atoms with Gasteiger partial charge in [-0.15, -0.1) is 0 Å². The lowest BCUT2D eigenvalue weighted by Crippen LogP contribution is -2.40. The number of carboxylic acid groups (broad SMARTS) is 1. The Balaban J connectivity index is 3.99. The van der Waals surface area contributed by atoms with E-state index in [0.717, 1.165) is 116 Å². The first-order chi connectivity index (χ1) is 49.6. The molecule has 0 fully saturated rings. The molecule has 0 aromatic rings. The number of esters is 2. The molecule has 0 aliphatic rings. The van der Waals surface area contributed by atoms with E-state index in [1.54, 1.807) is 0 Å². The molecule has 101 heavy (non-hydrogen) atoms. The van der Waals surface area contributed by atoms with Gasteiger partial charge in [-0.3, -0.25) is 9.59 Å². The largest absolute Gasteiger partial charge is 0.477 e. The zero-order valence-corrected chi connectivity index (χ0v) is 66.3. The van der Waals surface area contributed by atoms with Gasteiger partial charge < -0.3 is 28.5 Å². The average molecular weight is 1410 g/mol. The fraction of sp³-hybridized carbons (Fsp3) is 0.707. The van der Waals surface area contributed by atoms with E-state index in [2.05, 4.69) is 160 Å². The predicted octanol–water partition coefficient (Wildman–Crippen LogP) is 27.4. The second-order valence-electron chi connectivity index (χ2n) is 29.0. The lowest BCUT2D eigenvalue weighted by Gasteiger charge is -2.25. The SMILES string of the molecule is CC/C=C\C/C=C\C/C=C\C/C=C\C/C=C\C/C=C\C/C=C\CCCCCCCCCCCCCCCCCCCCCC(=O)OC(COC(=O)CCCCCCCCCCCCCCCCCCCCC/C=C\C/C=C\C/C=C\C/C=C\C/C=C\CC)COC(OCC[N+](C)(C)C)C(=O)O. The van der Waals surface area contributed by atoms with Crippen LogP contribution in [0, 0.1) is 0 Å². The van der Waals surface area contributed by atoms with E-state index in [1.807, 2.05) is 21.1 Å². The van der Waals surface area contributed by atoms with Gasteiger partial charge in [-0.25, -0.2) is 4.79 Å². The smallest absolute Gasteiger partial charge is 0.361 e. The molecule has 0 saturated heterocycles. The molecule has 578 valence electrons. The quantitative estimate of drug-likeness (QED) is 0.0211. The summed E-state index contributed by atoms with van der Waals surface area (Å²) in [6.45, 7) is 4.69. The second-order valence-corrected chi connectivity index (χ2v) is 29.0. The van der Waals surface area contributed by atoms with Gasteiger partial charge in [-0.2, -0.15) is 0 Å². The molecule has 2 atom stereocenters. The van der Waals surface area contributed by atoms with E-state index in [9.17, 15) is 19.5 Å². The Morgan fingerprint density at radius 3 is 0.792 bits per heavy atom. The number of carboxylic acids is 1. The monoisotopic (exact) mass is 1410 g/mol. The lowest BCUT2D eigenvalue weighted by molar-refractivity contribution is -0.870. The van der Waals surface area contributed by atoms with Crippen molar-refractivity contribution in [1.29, 1.82) is 0 Å². The van der Waals surface area contributed by atoms with Crippen LogP contribution >= 0.6 is 0 Å². The molecule has 1 N–H and O–H groups in total. The molecule has 0 heterocycles. The van der Waals surface area contributed by atoms with Gasteiger partial charge in [0.25, 0.3) is 6.29 Å². The van der Waals surface area contributed by atoms with Crippen LogP contribution in [-0.4, -0.2) is 87.4 Å². The number of likely N-dealkylation sites (N-methyl/N-ethyl adjacent to an activating group) is 1. The van der Waals surface area contributed by atoms with Gasteiger partial charge in [0.2, 0.25) is 0 Å². The van der Waals surface area contributed by atoms with Crippen LogP contribution in [-0.2, 0) is 33.3 Å². The summed E-state index contributed by atoms with van der Waals surface area (Å²) in [6, 6.07) is 0. The summed E-state index contributed by atoms with van der Waals surface area (Å²) in [6.07, 6.45) is 116. The molecule has 0 aliphatic carbocycles. The normalized spacial score (nSPS) is 13.4. The second kappa shape index (κ2) is 80.8. The van der Waals surface area contributed by atoms with Crippen molar-refractivity contribution in [3.63, 3.8) is 0 Å². The molecule has 0 radical (unpaired) electrons. The Hall–Kier alpha value is -4.83. The Morgan fingerprint density at radius 2 is 0.535 bits per heavy atom. The zero-order chi connectivity index (χ0) is 73.2. The molecule has 9 heteroatoms. The number of hydrogen-bond donors (Lipinski definition) is 1. The molecule has 0 aromatic heterocycles. The number of ether oxygens (including phenoxy) is 4. The summed E-state index contributed by atoms with van der Waals surface area (Å²) in [5.74, 6) is -1.99. The lowest BCUT2D eigenvalue weighted by atomic mass is 10.0. The Labute approximate surface area is 623 Å². The molecule has 0 spiro atoms. The van der Waals surface area contributed by atoms with Crippen LogP contribution in [0.4, 0.5) is 0 Å². The van der Waals surface area contributed by atoms with Crippen molar-refractivity contribution in [2.45, 2.75) is 373 Å². The Bertz CT molecular complexity index is 2180. The summed E-state index contributed by atoms with van der Waals surface area (Å²) in [4.78, 5) is 37.8. The Morgan fingerprint density at radius 1 is 0.297 bits per heavy atom. The highest BCUT2D eigenvalue weighted by molar-refractivity contribution is 5.71. The third-order valence-electron chi connectivity index (χ3n) is 18.1. The minimum atomic E-state index is -1.52. The highest BCUT2D eigenvalue weighted by Gasteiger charge is 2.25. The standard InChI is InChI=1S/C92H157NO8/c1-6-8-10-12-14-16-18-20-22-24-26-28-30-32-34-36-38-40-42-43-44-45-46-47-49-51-53-55-57-59-61-63-65-67-69-71-73-75-77-79-81-83-90(95)101-88(87-100-92(91(96)97)98-85-84-93(3,4)5)86-99-89(94)82-80-78-76-74-72-70-68-66-64-62-60-58-56-54-52-50-48-41-39-37-35-33-31-29-27-25-23-21-19-17-15-13-11-9-7-2/h8-11,14-17,20-23,26-29,32-35,38,40,43-44,88,92H,6-7,12-13,18-19,24-25,30-31,36-37,39,41-42,45-87H2,1-5H3/p+1/b10-8-,11-9-,16-14-,17-15-,22-20-,23-21-,28-26-,29-27-,34-32-,35-33-,40-38-,44-43-. The average Bonchev–Trinajstić information content (AvgIpc) is 1.21. The summed E-state index contributed by atoms with van der Waals surface area (Å²) in [5, 5.41) is 9.79. The molecule has 0 rings (SSSR count). The molecular formula is C92H158NO8+. The van der Waals surface area contributed by atoms with E-state index in [-0.39, 0.29) is 32.2 Å². The van der Waals surface area contributed by atoms with E-state index >= 15 is 0 Å². The number of aliphatic carboxylic acids is 1. The van der Waals surface area contributed by atoms with Gasteiger partial charge >= 0.3 is 17.9 Å². The van der Waals surface area contributed by atoms with Crippen LogP contribution in [0.15, 0.2) is 146 Å². The van der Waals surface area contributed by atoms with E-state index < -0.39 is 24.3 Å². The summed E-state index contributed by atoms with van der Waals surface area (Å²) < 4.78 is 23.1. The minimum Gasteiger partial charge on any atom is -0.477 e. The molecule has 0 amide bonds. The first kappa shape index (κ1) is 96.2. The molecule has 0 aliphatic heterocycles. The van der Waals surface area contributed by atoms with Crippen LogP contribution in [0.2, 0.25) is 0 Å². The third-order valence-corrected chi connectivity index (χ3v) is 18.1. The molecule has 2 unspecified atom stereocenters. The number of rotatable bonds is 77. The van der Waals surface area contributed by atoms with Crippen molar-refractivity contribution >= 4 is 17.9 Å². The van der Waals surface area contributed by atoms with Crippen molar-refractivity contribution < 1.29 is 42.9 Å². The maximum atomic E-state index is 13.0. The van der Waals surface area contributed by atoms with Gasteiger partial charge in [0, 0.05) is 12.8 Å². The summed E-state index contributed by atoms with van der Waals surface area (Å²) >= 11 is 0. The number of unbranched alkanes of at least 4 members (excludes halogenated alkanes) is 38. The highest BCUT2D eigenvalue weighted by Crippen LogP contribution is 2.19. The fourth-order valence-corrected chi connectivity index (χ4v) is 11.8. The maximum absolute atomic E-state index is 13.0. The van der Waals surface area contributed by atoms with Crippen LogP contribution in [0.3, 0.4) is 0 Å². The van der Waals surface area contributed by atoms with Gasteiger partial charge in [-0.05, 0) is 116 Å². The first-order valence-corrected chi connectivity index (χ1v) is 42.0. The van der Waals surface area contributed by atoms with Crippen LogP contribution < -0.4 is 0 Å². The van der Waals surface area contributed by atoms with Crippen molar-refractivity contribution in [3.8, 4) is 0 Å². The summed E-state index contributed by atoms with van der Waals surface area (Å²) in [5.41, 5.74) is 0. The summed E-state index contributed by atoms with van der Waals surface area (Å²) in [7, 11) is 5.99. The van der Waals surface area contributed by atoms with Crippen LogP contribution in [0.25, 0.3) is 0 Å². The zero-order valence-electron chi connectivity index (χ0n) is 66.3. The van der Waals surface area contributed by atoms with E-state index in [0.29, 0.717) is 17.4 Å². The number of nitrogens with zero attached hydrogens (tertiary/aromatic N) is 1. The Kier molecular flexibility index (Phi) is 77.0. The molecule has 0 bridgehead atoms. The molecule has 9 nitrogen and oxygen atoms in total. The van der Waals surface area contributed by atoms with E-state index in [1.165, 1.54) is 218 Å². The van der Waals surface area contributed by atoms with Gasteiger partial charge in [-0.1, -0.05) is 378 Å². The molecule has 0 aromatic carbocycles. The van der Waals surface area contributed by atoms with Gasteiger partial charge in [0.1, 0.15) is 13.2 Å². The third kappa shape index (κ3) is 82.3. The van der Waals surface area contributed by atoms with Crippen LogP contribution in [0.5, 0.6) is 0 Å². The van der Waals surface area contributed by atoms with Gasteiger partial charge in [0.15, 0.2) is 6.10 Å². The minimum absolute atomic E-state index is 0.183. The molecular weight excluding hydrogens is 1250 g/mol. The highest BCUT2D eigenvalue weighted by atomic mass is 16.7. The number of hydrogen-bond acceptors (Lipinski definition) is 7. The fourth-order valence-electron chi connectivity index (χ4n) is 11.8.